The highest BCUT2D eigenvalue weighted by Gasteiger charge is 2.28. The molecule has 0 heterocycles. The molecule has 0 saturated heterocycles. The van der Waals surface area contributed by atoms with Gasteiger partial charge in [0.05, 0.1) is 0 Å². The average Bonchev–Trinajstić information content (AvgIpc) is 2.91. The predicted octanol–water partition coefficient (Wildman–Crippen LogP) is 3.48. The van der Waals surface area contributed by atoms with E-state index < -0.39 is 0 Å². The van der Waals surface area contributed by atoms with Crippen LogP contribution in [0.4, 0.5) is 5.69 Å². The molecule has 1 atom stereocenters. The Labute approximate surface area is 104 Å². The summed E-state index contributed by atoms with van der Waals surface area (Å²) >= 11 is 0. The summed E-state index contributed by atoms with van der Waals surface area (Å²) in [5.41, 5.74) is 0.988. The van der Waals surface area contributed by atoms with E-state index in [2.05, 4.69) is 6.92 Å². The fraction of sp³-hybridized carbons (Fsp3) is 0.533. The maximum absolute atomic E-state index is 12.4. The van der Waals surface area contributed by atoms with Crippen LogP contribution in [-0.4, -0.2) is 13.0 Å². The van der Waals surface area contributed by atoms with Gasteiger partial charge in [0.1, 0.15) is 0 Å². The maximum atomic E-state index is 12.4. The van der Waals surface area contributed by atoms with E-state index in [0.29, 0.717) is 5.92 Å². The Morgan fingerprint density at radius 1 is 1.24 bits per heavy atom. The van der Waals surface area contributed by atoms with Crippen LogP contribution in [0.2, 0.25) is 0 Å². The molecule has 2 rings (SSSR count). The molecule has 0 N–H and O–H groups in total. The van der Waals surface area contributed by atoms with E-state index in [-0.39, 0.29) is 11.8 Å². The van der Waals surface area contributed by atoms with E-state index in [1.807, 2.05) is 37.4 Å². The molecule has 1 fully saturated rings. The van der Waals surface area contributed by atoms with Crippen LogP contribution in [0.3, 0.4) is 0 Å². The van der Waals surface area contributed by atoms with Crippen molar-refractivity contribution in [3.63, 3.8) is 0 Å². The molecule has 1 aromatic carbocycles. The third kappa shape index (κ3) is 2.68. The highest BCUT2D eigenvalue weighted by molar-refractivity contribution is 5.94. The summed E-state index contributed by atoms with van der Waals surface area (Å²) in [5.74, 6) is 1.000. The summed E-state index contributed by atoms with van der Waals surface area (Å²) in [7, 11) is 1.88. The van der Waals surface area contributed by atoms with Crippen LogP contribution >= 0.6 is 0 Å². The molecule has 2 heteroatoms. The zero-order chi connectivity index (χ0) is 12.3. The number of para-hydroxylation sites is 1. The lowest BCUT2D eigenvalue weighted by Crippen LogP contribution is -2.34. The number of amides is 1. The topological polar surface area (TPSA) is 20.3 Å². The second kappa shape index (κ2) is 5.35. The lowest BCUT2D eigenvalue weighted by atomic mass is 9.91. The third-order valence-electron chi connectivity index (χ3n) is 3.97. The molecule has 0 radical (unpaired) electrons. The first-order chi connectivity index (χ1) is 8.20. The molecule has 0 spiro atoms. The second-order valence-corrected chi connectivity index (χ2v) is 5.07. The molecule has 92 valence electrons. The van der Waals surface area contributed by atoms with Crippen molar-refractivity contribution in [2.45, 2.75) is 32.6 Å². The normalized spacial score (nSPS) is 18.0. The number of carbonyl (C=O) groups is 1. The van der Waals surface area contributed by atoms with E-state index in [4.69, 9.17) is 0 Å². The molecule has 0 aliphatic heterocycles. The van der Waals surface area contributed by atoms with Crippen molar-refractivity contribution in [2.75, 3.05) is 11.9 Å². The fourth-order valence-corrected chi connectivity index (χ4v) is 2.74. The van der Waals surface area contributed by atoms with Gasteiger partial charge in [0.25, 0.3) is 0 Å². The van der Waals surface area contributed by atoms with E-state index in [9.17, 15) is 4.79 Å². The van der Waals surface area contributed by atoms with Crippen LogP contribution in [0.1, 0.15) is 32.6 Å². The van der Waals surface area contributed by atoms with Gasteiger partial charge in [-0.1, -0.05) is 38.0 Å². The molecule has 1 saturated carbocycles. The maximum Gasteiger partial charge on any atom is 0.229 e. The van der Waals surface area contributed by atoms with E-state index in [0.717, 1.165) is 5.69 Å². The van der Waals surface area contributed by atoms with Gasteiger partial charge in [-0.15, -0.1) is 0 Å². The molecule has 17 heavy (non-hydrogen) atoms. The zero-order valence-corrected chi connectivity index (χ0v) is 10.7. The summed E-state index contributed by atoms with van der Waals surface area (Å²) in [4.78, 5) is 14.2. The van der Waals surface area contributed by atoms with Gasteiger partial charge in [-0.2, -0.15) is 0 Å². The van der Waals surface area contributed by atoms with E-state index in [1.165, 1.54) is 25.7 Å². The molecule has 1 amide bonds. The summed E-state index contributed by atoms with van der Waals surface area (Å²) in [6, 6.07) is 9.89. The molecule has 2 nitrogen and oxygen atoms in total. The number of benzene rings is 1. The van der Waals surface area contributed by atoms with Crippen molar-refractivity contribution in [3.05, 3.63) is 30.3 Å². The molecule has 0 aromatic heterocycles. The van der Waals surface area contributed by atoms with Gasteiger partial charge in [-0.05, 0) is 30.9 Å². The van der Waals surface area contributed by atoms with Crippen LogP contribution in [-0.2, 0) is 4.79 Å². The van der Waals surface area contributed by atoms with Gasteiger partial charge in [-0.3, -0.25) is 4.79 Å². The summed E-state index contributed by atoms with van der Waals surface area (Å²) in [6.45, 7) is 2.08. The number of nitrogens with zero attached hydrogens (tertiary/aromatic N) is 1. The van der Waals surface area contributed by atoms with Gasteiger partial charge in [-0.25, -0.2) is 0 Å². The van der Waals surface area contributed by atoms with Crippen molar-refractivity contribution in [2.24, 2.45) is 11.8 Å². The van der Waals surface area contributed by atoms with Crippen molar-refractivity contribution >= 4 is 11.6 Å². The van der Waals surface area contributed by atoms with Crippen LogP contribution in [0.15, 0.2) is 30.3 Å². The molecule has 1 aliphatic carbocycles. The lowest BCUT2D eigenvalue weighted by Gasteiger charge is -2.25. The Morgan fingerprint density at radius 3 is 2.41 bits per heavy atom. The fourth-order valence-electron chi connectivity index (χ4n) is 2.74. The molecular formula is C15H21NO. The molecule has 1 aromatic rings. The Balaban J connectivity index is 2.04. The summed E-state index contributed by atoms with van der Waals surface area (Å²) in [6.07, 6.45) is 5.01. The van der Waals surface area contributed by atoms with Crippen LogP contribution in [0.25, 0.3) is 0 Å². The Hall–Kier alpha value is -1.31. The Kier molecular flexibility index (Phi) is 3.82. The van der Waals surface area contributed by atoms with Gasteiger partial charge in [0.2, 0.25) is 5.91 Å². The van der Waals surface area contributed by atoms with Crippen molar-refractivity contribution in [1.82, 2.24) is 0 Å². The lowest BCUT2D eigenvalue weighted by molar-refractivity contribution is -0.123. The quantitative estimate of drug-likeness (QED) is 0.780. The highest BCUT2D eigenvalue weighted by atomic mass is 16.2. The minimum absolute atomic E-state index is 0.155. The van der Waals surface area contributed by atoms with Gasteiger partial charge >= 0.3 is 0 Å². The van der Waals surface area contributed by atoms with Crippen molar-refractivity contribution < 1.29 is 4.79 Å². The smallest absolute Gasteiger partial charge is 0.229 e. The van der Waals surface area contributed by atoms with Crippen molar-refractivity contribution in [1.29, 1.82) is 0 Å². The second-order valence-electron chi connectivity index (χ2n) is 5.07. The highest BCUT2D eigenvalue weighted by Crippen LogP contribution is 2.32. The molecular weight excluding hydrogens is 210 g/mol. The van der Waals surface area contributed by atoms with Crippen LogP contribution in [0.5, 0.6) is 0 Å². The summed E-state index contributed by atoms with van der Waals surface area (Å²) in [5, 5.41) is 0. The first-order valence-corrected chi connectivity index (χ1v) is 6.53. The number of carbonyl (C=O) groups excluding carboxylic acids is 1. The molecule has 1 unspecified atom stereocenters. The predicted molar refractivity (Wildman–Crippen MR) is 71.0 cm³/mol. The number of hydrogen-bond donors (Lipinski definition) is 0. The molecule has 0 bridgehead atoms. The Bertz CT molecular complexity index is 368. The number of rotatable bonds is 3. The van der Waals surface area contributed by atoms with Crippen LogP contribution < -0.4 is 4.90 Å². The summed E-state index contributed by atoms with van der Waals surface area (Å²) < 4.78 is 0. The third-order valence-corrected chi connectivity index (χ3v) is 3.97. The first kappa shape index (κ1) is 12.2. The van der Waals surface area contributed by atoms with Crippen molar-refractivity contribution in [3.8, 4) is 0 Å². The van der Waals surface area contributed by atoms with E-state index in [1.54, 1.807) is 4.90 Å². The minimum atomic E-state index is 0.155. The van der Waals surface area contributed by atoms with E-state index >= 15 is 0 Å². The zero-order valence-electron chi connectivity index (χ0n) is 10.7. The SMILES string of the molecule is CC(C(=O)N(C)c1ccccc1)C1CCCC1. The standard InChI is InChI=1S/C15H21NO/c1-12(13-8-6-7-9-13)15(17)16(2)14-10-4-3-5-11-14/h3-5,10-13H,6-9H2,1-2H3. The minimum Gasteiger partial charge on any atom is -0.315 e. The number of hydrogen-bond acceptors (Lipinski definition) is 1. The van der Waals surface area contributed by atoms with Gasteiger partial charge < -0.3 is 4.90 Å². The average molecular weight is 231 g/mol. The van der Waals surface area contributed by atoms with Gasteiger partial charge in [0, 0.05) is 18.7 Å². The van der Waals surface area contributed by atoms with Crippen LogP contribution in [0, 0.1) is 11.8 Å². The van der Waals surface area contributed by atoms with Gasteiger partial charge in [0.15, 0.2) is 0 Å². The largest absolute Gasteiger partial charge is 0.315 e. The number of anilines is 1. The molecule has 1 aliphatic rings. The first-order valence-electron chi connectivity index (χ1n) is 6.53. The monoisotopic (exact) mass is 231 g/mol. The Morgan fingerprint density at radius 2 is 1.82 bits per heavy atom.